The summed E-state index contributed by atoms with van der Waals surface area (Å²) in [6.45, 7) is 2.50. The lowest BCUT2D eigenvalue weighted by Crippen LogP contribution is -2.29. The fraction of sp³-hybridized carbons (Fsp3) is 0.200. The largest absolute Gasteiger partial charge is 0.507 e. The monoisotopic (exact) mass is 435 g/mol. The average molecular weight is 435 g/mol. The Morgan fingerprint density at radius 1 is 1.09 bits per heavy atom. The molecule has 1 unspecified atom stereocenters. The number of benzene rings is 2. The molecule has 0 spiro atoms. The van der Waals surface area contributed by atoms with Crippen molar-refractivity contribution >= 4 is 17.4 Å². The zero-order chi connectivity index (χ0) is 22.7. The fourth-order valence-electron chi connectivity index (χ4n) is 3.72. The van der Waals surface area contributed by atoms with Gasteiger partial charge in [0.05, 0.1) is 31.0 Å². The first-order chi connectivity index (χ1) is 15.5. The molecule has 0 saturated carbocycles. The molecule has 1 aromatic heterocycles. The van der Waals surface area contributed by atoms with Gasteiger partial charge in [-0.2, -0.15) is 0 Å². The molecule has 2 aromatic carbocycles. The number of amides is 1. The van der Waals surface area contributed by atoms with Gasteiger partial charge in [-0.25, -0.2) is 4.39 Å². The predicted molar refractivity (Wildman–Crippen MR) is 115 cm³/mol. The number of ether oxygens (including phenoxy) is 1. The highest BCUT2D eigenvalue weighted by atomic mass is 19.1. The standard InChI is InChI=1S/C25H22FNO5/c1-2-13-31-17-11-9-16(10-12-17)23(28)21-22(19-7-3-4-8-20(19)26)27(25(30)24(21)29)15-18-6-5-14-32-18/h3-12,14,22,28H,2,13,15H2,1H3/b23-21-. The van der Waals surface area contributed by atoms with Crippen molar-refractivity contribution < 1.29 is 28.2 Å². The number of carbonyl (C=O) groups excluding carboxylic acids is 2. The van der Waals surface area contributed by atoms with Gasteiger partial charge in [0.1, 0.15) is 23.1 Å². The number of Topliss-reactive ketones (excluding diaryl/α,β-unsaturated/α-hetero) is 1. The second kappa shape index (κ2) is 9.09. The van der Waals surface area contributed by atoms with Gasteiger partial charge in [0.25, 0.3) is 11.7 Å². The van der Waals surface area contributed by atoms with Crippen LogP contribution in [0, 0.1) is 5.82 Å². The molecule has 2 heterocycles. The Morgan fingerprint density at radius 2 is 1.84 bits per heavy atom. The number of carbonyl (C=O) groups is 2. The predicted octanol–water partition coefficient (Wildman–Crippen LogP) is 4.83. The maximum absolute atomic E-state index is 14.8. The van der Waals surface area contributed by atoms with Crippen molar-refractivity contribution in [3.63, 3.8) is 0 Å². The molecule has 1 aliphatic rings. The van der Waals surface area contributed by atoms with Crippen LogP contribution in [0.3, 0.4) is 0 Å². The second-order valence-electron chi connectivity index (χ2n) is 7.40. The van der Waals surface area contributed by atoms with Crippen LogP contribution in [0.2, 0.25) is 0 Å². The quantitative estimate of drug-likeness (QED) is 0.327. The first-order valence-electron chi connectivity index (χ1n) is 10.3. The Balaban J connectivity index is 1.80. The lowest BCUT2D eigenvalue weighted by atomic mass is 9.95. The van der Waals surface area contributed by atoms with E-state index in [-0.39, 0.29) is 23.4 Å². The molecule has 6 nitrogen and oxygen atoms in total. The fourth-order valence-corrected chi connectivity index (χ4v) is 3.72. The summed E-state index contributed by atoms with van der Waals surface area (Å²) in [5, 5.41) is 11.0. The van der Waals surface area contributed by atoms with Gasteiger partial charge in [-0.3, -0.25) is 9.59 Å². The Morgan fingerprint density at radius 3 is 2.50 bits per heavy atom. The Labute approximate surface area is 184 Å². The number of rotatable bonds is 7. The molecule has 32 heavy (non-hydrogen) atoms. The minimum atomic E-state index is -1.10. The summed E-state index contributed by atoms with van der Waals surface area (Å²) >= 11 is 0. The van der Waals surface area contributed by atoms with Gasteiger partial charge in [0, 0.05) is 11.1 Å². The van der Waals surface area contributed by atoms with Crippen LogP contribution in [0.25, 0.3) is 5.76 Å². The minimum absolute atomic E-state index is 0.0445. The Bertz CT molecular complexity index is 1150. The van der Waals surface area contributed by atoms with E-state index in [0.717, 1.165) is 6.42 Å². The average Bonchev–Trinajstić information content (AvgIpc) is 3.40. The van der Waals surface area contributed by atoms with Crippen LogP contribution in [-0.4, -0.2) is 28.3 Å². The molecule has 3 aromatic rings. The van der Waals surface area contributed by atoms with E-state index in [1.807, 2.05) is 6.92 Å². The molecule has 1 N–H and O–H groups in total. The van der Waals surface area contributed by atoms with Crippen molar-refractivity contribution in [1.82, 2.24) is 4.90 Å². The molecule has 7 heteroatoms. The van der Waals surface area contributed by atoms with Gasteiger partial charge >= 0.3 is 0 Å². The molecule has 1 amide bonds. The zero-order valence-corrected chi connectivity index (χ0v) is 17.5. The lowest BCUT2D eigenvalue weighted by Gasteiger charge is -2.24. The third kappa shape index (κ3) is 4.01. The number of halogens is 1. The third-order valence-electron chi connectivity index (χ3n) is 5.25. The van der Waals surface area contributed by atoms with Crippen molar-refractivity contribution in [3.05, 3.63) is 95.2 Å². The number of nitrogens with zero attached hydrogens (tertiary/aromatic N) is 1. The number of aliphatic hydroxyl groups is 1. The summed E-state index contributed by atoms with van der Waals surface area (Å²) in [5.41, 5.74) is 0.266. The van der Waals surface area contributed by atoms with Crippen LogP contribution in [0.1, 0.15) is 36.3 Å². The Kier molecular flexibility index (Phi) is 6.07. The van der Waals surface area contributed by atoms with E-state index in [1.165, 1.54) is 29.4 Å². The normalized spacial score (nSPS) is 17.7. The van der Waals surface area contributed by atoms with E-state index in [9.17, 15) is 19.1 Å². The highest BCUT2D eigenvalue weighted by Gasteiger charge is 2.47. The molecule has 1 saturated heterocycles. The summed E-state index contributed by atoms with van der Waals surface area (Å²) in [6.07, 6.45) is 2.30. The number of ketones is 1. The van der Waals surface area contributed by atoms with Crippen molar-refractivity contribution in [2.45, 2.75) is 25.9 Å². The SMILES string of the molecule is CCCOc1ccc(/C(O)=C2/C(=O)C(=O)N(Cc3ccco3)C2c2ccccc2F)cc1. The van der Waals surface area contributed by atoms with Gasteiger partial charge in [-0.15, -0.1) is 0 Å². The van der Waals surface area contributed by atoms with Crippen LogP contribution in [0.4, 0.5) is 4.39 Å². The van der Waals surface area contributed by atoms with Crippen LogP contribution in [-0.2, 0) is 16.1 Å². The molecular formula is C25H22FNO5. The van der Waals surface area contributed by atoms with E-state index in [1.54, 1.807) is 42.5 Å². The lowest BCUT2D eigenvalue weighted by molar-refractivity contribution is -0.140. The smallest absolute Gasteiger partial charge is 0.296 e. The van der Waals surface area contributed by atoms with Gasteiger partial charge in [-0.05, 0) is 48.9 Å². The van der Waals surface area contributed by atoms with Crippen molar-refractivity contribution in [2.24, 2.45) is 0 Å². The molecule has 1 atom stereocenters. The van der Waals surface area contributed by atoms with E-state index >= 15 is 0 Å². The van der Waals surface area contributed by atoms with Gasteiger partial charge < -0.3 is 19.2 Å². The molecule has 0 aliphatic carbocycles. The summed E-state index contributed by atoms with van der Waals surface area (Å²) < 4.78 is 25.6. The maximum atomic E-state index is 14.8. The van der Waals surface area contributed by atoms with Crippen LogP contribution >= 0.6 is 0 Å². The van der Waals surface area contributed by atoms with Crippen molar-refractivity contribution in [2.75, 3.05) is 6.61 Å². The molecule has 0 radical (unpaired) electrons. The molecule has 164 valence electrons. The summed E-state index contributed by atoms with van der Waals surface area (Å²) in [4.78, 5) is 27.1. The minimum Gasteiger partial charge on any atom is -0.507 e. The first kappa shape index (κ1) is 21.4. The van der Waals surface area contributed by atoms with E-state index in [2.05, 4.69) is 0 Å². The topological polar surface area (TPSA) is 80.0 Å². The van der Waals surface area contributed by atoms with Crippen LogP contribution in [0.15, 0.2) is 76.9 Å². The van der Waals surface area contributed by atoms with Gasteiger partial charge in [0.2, 0.25) is 0 Å². The van der Waals surface area contributed by atoms with Crippen LogP contribution in [0.5, 0.6) is 5.75 Å². The Hall–Kier alpha value is -3.87. The second-order valence-corrected chi connectivity index (χ2v) is 7.40. The van der Waals surface area contributed by atoms with E-state index in [4.69, 9.17) is 9.15 Å². The number of likely N-dealkylation sites (tertiary alicyclic amines) is 1. The molecular weight excluding hydrogens is 413 g/mol. The molecule has 1 aliphatic heterocycles. The molecule has 0 bridgehead atoms. The molecule has 4 rings (SSSR count). The summed E-state index contributed by atoms with van der Waals surface area (Å²) in [5.74, 6) is -1.62. The van der Waals surface area contributed by atoms with Crippen molar-refractivity contribution in [3.8, 4) is 5.75 Å². The van der Waals surface area contributed by atoms with E-state index < -0.39 is 23.5 Å². The number of aliphatic hydroxyl groups excluding tert-OH is 1. The highest BCUT2D eigenvalue weighted by Crippen LogP contribution is 2.41. The molecule has 1 fully saturated rings. The number of hydrogen-bond donors (Lipinski definition) is 1. The van der Waals surface area contributed by atoms with E-state index in [0.29, 0.717) is 23.7 Å². The zero-order valence-electron chi connectivity index (χ0n) is 17.5. The summed E-state index contributed by atoms with van der Waals surface area (Å²) in [7, 11) is 0. The third-order valence-corrected chi connectivity index (χ3v) is 5.25. The number of furan rings is 1. The highest BCUT2D eigenvalue weighted by molar-refractivity contribution is 6.46. The summed E-state index contributed by atoms with van der Waals surface area (Å²) in [6, 6.07) is 14.6. The maximum Gasteiger partial charge on any atom is 0.296 e. The van der Waals surface area contributed by atoms with Crippen LogP contribution < -0.4 is 4.74 Å². The first-order valence-corrected chi connectivity index (χ1v) is 10.3. The van der Waals surface area contributed by atoms with Gasteiger partial charge in [-0.1, -0.05) is 25.1 Å². The van der Waals surface area contributed by atoms with Gasteiger partial charge in [0.15, 0.2) is 0 Å². The van der Waals surface area contributed by atoms with Crippen molar-refractivity contribution in [1.29, 1.82) is 0 Å². The number of hydrogen-bond acceptors (Lipinski definition) is 5.